The van der Waals surface area contributed by atoms with E-state index in [4.69, 9.17) is 0 Å². The zero-order chi connectivity index (χ0) is 18.0. The first kappa shape index (κ1) is 18.5. The van der Waals surface area contributed by atoms with Crippen LogP contribution in [0, 0.1) is 0 Å². The summed E-state index contributed by atoms with van der Waals surface area (Å²) >= 11 is 2.59. The van der Waals surface area contributed by atoms with Gasteiger partial charge in [0.15, 0.2) is 5.13 Å². The fourth-order valence-corrected chi connectivity index (χ4v) is 6.31. The fourth-order valence-electron chi connectivity index (χ4n) is 2.59. The third-order valence-electron chi connectivity index (χ3n) is 3.86. The van der Waals surface area contributed by atoms with Crippen LogP contribution in [0.4, 0.5) is 5.13 Å². The van der Waals surface area contributed by atoms with Crippen molar-refractivity contribution in [3.05, 3.63) is 28.1 Å². The van der Waals surface area contributed by atoms with E-state index in [0.29, 0.717) is 41.7 Å². The molecule has 0 aliphatic carbocycles. The predicted molar refractivity (Wildman–Crippen MR) is 97.5 cm³/mol. The van der Waals surface area contributed by atoms with Crippen molar-refractivity contribution in [2.24, 2.45) is 0 Å². The number of anilines is 1. The van der Waals surface area contributed by atoms with Crippen molar-refractivity contribution in [3.8, 4) is 0 Å². The van der Waals surface area contributed by atoms with Crippen molar-refractivity contribution in [1.82, 2.24) is 9.29 Å². The zero-order valence-electron chi connectivity index (χ0n) is 13.6. The molecule has 136 valence electrons. The Hall–Kier alpha value is -1.33. The third-order valence-corrected chi connectivity index (χ3v) is 8.14. The van der Waals surface area contributed by atoms with Gasteiger partial charge in [0.25, 0.3) is 10.0 Å². The number of amides is 1. The average Bonchev–Trinajstić information content (AvgIpc) is 3.18. The lowest BCUT2D eigenvalue weighted by Crippen LogP contribution is -2.39. The number of carbonyl (C=O) groups is 1. The number of piperidine rings is 1. The van der Waals surface area contributed by atoms with E-state index in [1.165, 1.54) is 33.9 Å². The number of nitrogens with zero attached hydrogens (tertiary/aromatic N) is 2. The number of rotatable bonds is 5. The molecule has 2 N–H and O–H groups in total. The number of hydrogen-bond acceptors (Lipinski definition) is 7. The van der Waals surface area contributed by atoms with E-state index in [1.807, 2.05) is 5.38 Å². The molecule has 1 aliphatic rings. The molecule has 3 heterocycles. The first-order valence-corrected chi connectivity index (χ1v) is 11.0. The van der Waals surface area contributed by atoms with Crippen molar-refractivity contribution in [1.29, 1.82) is 0 Å². The van der Waals surface area contributed by atoms with Crippen molar-refractivity contribution in [3.63, 3.8) is 0 Å². The Balaban J connectivity index is 1.69. The van der Waals surface area contributed by atoms with Crippen LogP contribution in [0.5, 0.6) is 0 Å². The SMILES string of the molecule is CC(=O)Nc1ncc(Cc2csc(S(=O)(=O)N3CCC(O)CC3)c2)s1. The summed E-state index contributed by atoms with van der Waals surface area (Å²) in [6.07, 6.45) is 2.80. The van der Waals surface area contributed by atoms with Crippen molar-refractivity contribution in [2.45, 2.75) is 36.5 Å². The summed E-state index contributed by atoms with van der Waals surface area (Å²) in [5, 5.41) is 14.5. The van der Waals surface area contributed by atoms with E-state index < -0.39 is 16.1 Å². The maximum absolute atomic E-state index is 12.7. The van der Waals surface area contributed by atoms with Crippen LogP contribution in [0.3, 0.4) is 0 Å². The molecule has 2 aromatic heterocycles. The highest BCUT2D eigenvalue weighted by molar-refractivity contribution is 7.91. The van der Waals surface area contributed by atoms with Gasteiger partial charge in [-0.25, -0.2) is 13.4 Å². The van der Waals surface area contributed by atoms with Gasteiger partial charge in [-0.2, -0.15) is 4.31 Å². The highest BCUT2D eigenvalue weighted by Crippen LogP contribution is 2.29. The maximum Gasteiger partial charge on any atom is 0.252 e. The summed E-state index contributed by atoms with van der Waals surface area (Å²) in [6.45, 7) is 2.13. The minimum Gasteiger partial charge on any atom is -0.393 e. The van der Waals surface area contributed by atoms with Crippen LogP contribution in [-0.4, -0.2) is 47.9 Å². The Labute approximate surface area is 154 Å². The number of thiazole rings is 1. The van der Waals surface area contributed by atoms with Gasteiger partial charge >= 0.3 is 0 Å². The molecule has 0 bridgehead atoms. The van der Waals surface area contributed by atoms with E-state index in [2.05, 4.69) is 10.3 Å². The van der Waals surface area contributed by atoms with Gasteiger partial charge in [-0.3, -0.25) is 4.79 Å². The highest BCUT2D eigenvalue weighted by Gasteiger charge is 2.29. The number of aliphatic hydroxyl groups excluding tert-OH is 1. The molecule has 0 spiro atoms. The van der Waals surface area contributed by atoms with Crippen LogP contribution < -0.4 is 5.32 Å². The number of nitrogens with one attached hydrogen (secondary N) is 1. The standard InChI is InChI=1S/C15H19N3O4S3/c1-10(19)17-15-16-8-13(24-15)6-11-7-14(23-9-11)25(21,22)18-4-2-12(20)3-5-18/h7-9,12,20H,2-6H2,1H3,(H,16,17,19). The maximum atomic E-state index is 12.7. The molecule has 25 heavy (non-hydrogen) atoms. The van der Waals surface area contributed by atoms with Crippen molar-refractivity contribution < 1.29 is 18.3 Å². The molecule has 0 atom stereocenters. The van der Waals surface area contributed by atoms with Gasteiger partial charge in [-0.15, -0.1) is 22.7 Å². The molecule has 3 rings (SSSR count). The van der Waals surface area contributed by atoms with Crippen molar-refractivity contribution >= 4 is 43.7 Å². The molecule has 1 amide bonds. The monoisotopic (exact) mass is 401 g/mol. The Morgan fingerprint density at radius 3 is 2.84 bits per heavy atom. The van der Waals surface area contributed by atoms with Gasteiger partial charge in [0.2, 0.25) is 5.91 Å². The largest absolute Gasteiger partial charge is 0.393 e. The molecule has 7 nitrogen and oxygen atoms in total. The number of thiophene rings is 1. The van der Waals surface area contributed by atoms with E-state index in [1.54, 1.807) is 12.3 Å². The third kappa shape index (κ3) is 4.45. The summed E-state index contributed by atoms with van der Waals surface area (Å²) in [5.41, 5.74) is 0.902. The van der Waals surface area contributed by atoms with Crippen molar-refractivity contribution in [2.75, 3.05) is 18.4 Å². The fraction of sp³-hybridized carbons (Fsp3) is 0.467. The van der Waals surface area contributed by atoms with Crippen LogP contribution in [-0.2, 0) is 21.2 Å². The molecule has 1 fully saturated rings. The van der Waals surface area contributed by atoms with Gasteiger partial charge < -0.3 is 10.4 Å². The second-order valence-corrected chi connectivity index (χ2v) is 10.1. The number of aromatic nitrogens is 1. The minimum atomic E-state index is -3.50. The quantitative estimate of drug-likeness (QED) is 0.797. The van der Waals surface area contributed by atoms with Gasteiger partial charge in [-0.1, -0.05) is 0 Å². The summed E-state index contributed by atoms with van der Waals surface area (Å²) in [7, 11) is -3.50. The lowest BCUT2D eigenvalue weighted by Gasteiger charge is -2.28. The Morgan fingerprint density at radius 1 is 1.44 bits per heavy atom. The second kappa shape index (κ2) is 7.50. The van der Waals surface area contributed by atoms with E-state index in [0.717, 1.165) is 10.4 Å². The minimum absolute atomic E-state index is 0.170. The zero-order valence-corrected chi connectivity index (χ0v) is 16.1. The summed E-state index contributed by atoms with van der Waals surface area (Å²) in [6, 6.07) is 1.70. The second-order valence-electron chi connectivity index (χ2n) is 5.90. The van der Waals surface area contributed by atoms with E-state index in [-0.39, 0.29) is 5.91 Å². The van der Waals surface area contributed by atoms with Gasteiger partial charge in [0.1, 0.15) is 4.21 Å². The van der Waals surface area contributed by atoms with Gasteiger partial charge in [0.05, 0.1) is 6.10 Å². The lowest BCUT2D eigenvalue weighted by molar-refractivity contribution is -0.114. The first-order chi connectivity index (χ1) is 11.8. The normalized spacial score (nSPS) is 16.9. The molecule has 0 unspecified atom stereocenters. The number of aliphatic hydroxyl groups is 1. The molecule has 0 saturated carbocycles. The highest BCUT2D eigenvalue weighted by atomic mass is 32.2. The Morgan fingerprint density at radius 2 is 2.16 bits per heavy atom. The Kier molecular flexibility index (Phi) is 5.54. The van der Waals surface area contributed by atoms with Crippen LogP contribution in [0.2, 0.25) is 0 Å². The lowest BCUT2D eigenvalue weighted by atomic mass is 10.1. The number of sulfonamides is 1. The smallest absolute Gasteiger partial charge is 0.252 e. The molecule has 0 aromatic carbocycles. The topological polar surface area (TPSA) is 99.6 Å². The molecule has 1 saturated heterocycles. The van der Waals surface area contributed by atoms with Gasteiger partial charge in [0, 0.05) is 37.5 Å². The van der Waals surface area contributed by atoms with Gasteiger partial charge in [-0.05, 0) is 29.9 Å². The molecule has 1 aliphatic heterocycles. The molecular weight excluding hydrogens is 382 g/mol. The first-order valence-electron chi connectivity index (χ1n) is 7.82. The van der Waals surface area contributed by atoms with Crippen LogP contribution in [0.15, 0.2) is 21.9 Å². The predicted octanol–water partition coefficient (Wildman–Crippen LogP) is 1.90. The van der Waals surface area contributed by atoms with E-state index >= 15 is 0 Å². The molecule has 0 radical (unpaired) electrons. The van der Waals surface area contributed by atoms with Crippen LogP contribution >= 0.6 is 22.7 Å². The Bertz CT molecular complexity index is 851. The van der Waals surface area contributed by atoms with Crippen LogP contribution in [0.1, 0.15) is 30.2 Å². The summed E-state index contributed by atoms with van der Waals surface area (Å²) < 4.78 is 27.1. The molecule has 10 heteroatoms. The van der Waals surface area contributed by atoms with E-state index in [9.17, 15) is 18.3 Å². The number of hydrogen-bond donors (Lipinski definition) is 2. The summed E-state index contributed by atoms with van der Waals surface area (Å²) in [4.78, 5) is 16.1. The summed E-state index contributed by atoms with van der Waals surface area (Å²) in [5.74, 6) is -0.170. The average molecular weight is 402 g/mol. The molecular formula is C15H19N3O4S3. The molecule has 2 aromatic rings. The number of carbonyl (C=O) groups excluding carboxylic acids is 1. The van der Waals surface area contributed by atoms with Crippen LogP contribution in [0.25, 0.3) is 0 Å².